The molecule has 8 nitrogen and oxygen atoms in total. The highest BCUT2D eigenvalue weighted by Gasteiger charge is 2.33. The number of allylic oxidation sites excluding steroid dienone is 1. The summed E-state index contributed by atoms with van der Waals surface area (Å²) in [5, 5.41) is 23.7. The Labute approximate surface area is 261 Å². The van der Waals surface area contributed by atoms with Crippen LogP contribution in [-0.2, 0) is 15.6 Å². The van der Waals surface area contributed by atoms with E-state index in [1.54, 1.807) is 42.6 Å². The van der Waals surface area contributed by atoms with E-state index in [9.17, 15) is 18.6 Å². The highest BCUT2D eigenvalue weighted by molar-refractivity contribution is 7.89. The molecule has 0 radical (unpaired) electrons. The van der Waals surface area contributed by atoms with Crippen molar-refractivity contribution < 1.29 is 23.4 Å². The zero-order chi connectivity index (χ0) is 30.7. The van der Waals surface area contributed by atoms with Crippen molar-refractivity contribution in [1.82, 2.24) is 14.6 Å². The van der Waals surface area contributed by atoms with Crippen LogP contribution >= 0.6 is 11.6 Å². The molecule has 226 valence electrons. The number of hydrogen-bond donors (Lipinski definition) is 3. The van der Waals surface area contributed by atoms with Crippen LogP contribution in [0, 0.1) is 0 Å². The molecule has 1 fully saturated rings. The molecule has 10 heteroatoms. The molecule has 0 amide bonds. The summed E-state index contributed by atoms with van der Waals surface area (Å²) >= 11 is 6.03. The predicted molar refractivity (Wildman–Crippen MR) is 171 cm³/mol. The van der Waals surface area contributed by atoms with Crippen LogP contribution in [0.25, 0.3) is 17.5 Å². The summed E-state index contributed by atoms with van der Waals surface area (Å²) in [5.41, 5.74) is 1.65. The molecule has 0 aliphatic carbocycles. The topological polar surface area (TPSA) is 112 Å². The number of likely N-dealkylation sites (tertiary alicyclic amines) is 1. The fourth-order valence-corrected chi connectivity index (χ4v) is 6.75. The van der Waals surface area contributed by atoms with Gasteiger partial charge in [-0.25, -0.2) is 18.1 Å². The van der Waals surface area contributed by atoms with Crippen LogP contribution in [0.5, 0.6) is 11.6 Å². The number of halogens is 1. The normalized spacial score (nSPS) is 17.8. The lowest BCUT2D eigenvalue weighted by Gasteiger charge is -2.38. The zero-order valence-electron chi connectivity index (χ0n) is 23.9. The van der Waals surface area contributed by atoms with E-state index < -0.39 is 21.5 Å². The number of piperidine rings is 1. The van der Waals surface area contributed by atoms with Gasteiger partial charge in [0.15, 0.2) is 0 Å². The smallest absolute Gasteiger partial charge is 0.264 e. The monoisotopic (exact) mass is 629 g/mol. The van der Waals surface area contributed by atoms with Gasteiger partial charge in [0.2, 0.25) is 11.8 Å². The third kappa shape index (κ3) is 6.37. The molecule has 0 bridgehead atoms. The van der Waals surface area contributed by atoms with Crippen molar-refractivity contribution in [2.24, 2.45) is 0 Å². The molecular weight excluding hydrogens is 598 g/mol. The molecule has 6 rings (SSSR count). The second-order valence-corrected chi connectivity index (χ2v) is 13.0. The van der Waals surface area contributed by atoms with Crippen molar-refractivity contribution in [3.8, 4) is 11.6 Å². The fraction of sp³-hybridized carbons (Fsp3) is 0.206. The number of hydrogen-bond acceptors (Lipinski definition) is 7. The second-order valence-electron chi connectivity index (χ2n) is 10.9. The minimum atomic E-state index is -4.01. The quantitative estimate of drug-likeness (QED) is 0.272. The first-order valence-corrected chi connectivity index (χ1v) is 16.2. The summed E-state index contributed by atoms with van der Waals surface area (Å²) in [5.74, 6) is 0.348. The Morgan fingerprint density at radius 3 is 2.50 bits per heavy atom. The van der Waals surface area contributed by atoms with Crippen LogP contribution in [-0.4, -0.2) is 48.1 Å². The van der Waals surface area contributed by atoms with Gasteiger partial charge in [-0.3, -0.25) is 0 Å². The lowest BCUT2D eigenvalue weighted by Crippen LogP contribution is -2.42. The predicted octanol–water partition coefficient (Wildman–Crippen LogP) is 4.68. The van der Waals surface area contributed by atoms with E-state index in [4.69, 9.17) is 16.3 Å². The third-order valence-corrected chi connectivity index (χ3v) is 9.68. The minimum Gasteiger partial charge on any atom is -0.494 e. The van der Waals surface area contributed by atoms with Crippen LogP contribution in [0.15, 0.2) is 102 Å². The third-order valence-electron chi connectivity index (χ3n) is 8.07. The summed E-state index contributed by atoms with van der Waals surface area (Å²) < 4.78 is 34.4. The minimum absolute atomic E-state index is 0.0373. The Morgan fingerprint density at radius 2 is 1.75 bits per heavy atom. The van der Waals surface area contributed by atoms with Gasteiger partial charge in [-0.2, -0.15) is 0 Å². The van der Waals surface area contributed by atoms with E-state index in [0.717, 1.165) is 36.3 Å². The molecule has 4 aromatic rings. The lowest BCUT2D eigenvalue weighted by molar-refractivity contribution is -0.0254. The number of fused-ring (bicyclic) bond motifs is 2. The van der Waals surface area contributed by atoms with Gasteiger partial charge in [-0.1, -0.05) is 54.1 Å². The molecule has 1 saturated heterocycles. The number of nitrogens with one attached hydrogen (secondary N) is 1. The molecule has 44 heavy (non-hydrogen) atoms. The Kier molecular flexibility index (Phi) is 8.46. The molecule has 1 aromatic heterocycles. The van der Waals surface area contributed by atoms with Crippen molar-refractivity contribution in [3.05, 3.63) is 124 Å². The van der Waals surface area contributed by atoms with Gasteiger partial charge in [-0.05, 0) is 85.0 Å². The fourth-order valence-electron chi connectivity index (χ4n) is 5.63. The number of aliphatic hydroxyl groups excluding tert-OH is 1. The van der Waals surface area contributed by atoms with Crippen molar-refractivity contribution in [2.45, 2.75) is 29.8 Å². The summed E-state index contributed by atoms with van der Waals surface area (Å²) in [4.78, 5) is 6.81. The molecular formula is C34H32ClN3O5S. The molecule has 2 aliphatic rings. The molecule has 3 N–H and O–H groups in total. The van der Waals surface area contributed by atoms with Crippen molar-refractivity contribution in [1.29, 1.82) is 0 Å². The number of nitrogens with zero attached hydrogens (tertiary/aromatic N) is 2. The number of rotatable bonds is 7. The summed E-state index contributed by atoms with van der Waals surface area (Å²) in [7, 11) is -4.01. The van der Waals surface area contributed by atoms with Crippen LogP contribution < -0.4 is 19.9 Å². The van der Waals surface area contributed by atoms with E-state index in [1.807, 2.05) is 42.5 Å². The number of sulfonamides is 1. The zero-order valence-corrected chi connectivity index (χ0v) is 25.4. The molecule has 0 saturated carbocycles. The van der Waals surface area contributed by atoms with Gasteiger partial charge in [0.05, 0.1) is 10.5 Å². The van der Waals surface area contributed by atoms with Crippen molar-refractivity contribution in [3.63, 3.8) is 0 Å². The maximum absolute atomic E-state index is 12.9. The lowest BCUT2D eigenvalue weighted by atomic mass is 9.84. The Balaban J connectivity index is 1.27. The number of ether oxygens (including phenoxy) is 1. The van der Waals surface area contributed by atoms with Crippen LogP contribution in [0.1, 0.15) is 30.4 Å². The van der Waals surface area contributed by atoms with Crippen molar-refractivity contribution in [2.75, 3.05) is 19.6 Å². The van der Waals surface area contributed by atoms with Gasteiger partial charge >= 0.3 is 0 Å². The highest BCUT2D eigenvalue weighted by atomic mass is 35.5. The first-order chi connectivity index (χ1) is 21.2. The van der Waals surface area contributed by atoms with E-state index in [2.05, 4.69) is 20.7 Å². The van der Waals surface area contributed by atoms with E-state index in [1.165, 1.54) is 12.1 Å². The van der Waals surface area contributed by atoms with E-state index in [0.29, 0.717) is 41.1 Å². The summed E-state index contributed by atoms with van der Waals surface area (Å²) in [6.07, 6.45) is 7.61. The van der Waals surface area contributed by atoms with Crippen molar-refractivity contribution >= 4 is 39.2 Å². The van der Waals surface area contributed by atoms with Crippen LogP contribution in [0.2, 0.25) is 5.02 Å². The van der Waals surface area contributed by atoms with Gasteiger partial charge in [0.25, 0.3) is 10.0 Å². The van der Waals surface area contributed by atoms with Gasteiger partial charge < -0.3 is 19.8 Å². The molecule has 0 atom stereocenters. The molecule has 3 heterocycles. The average molecular weight is 630 g/mol. The number of aliphatic hydroxyl groups is 2. The summed E-state index contributed by atoms with van der Waals surface area (Å²) in [6.45, 7) is 2.29. The molecule has 2 aliphatic heterocycles. The SMILES string of the molecule is O=S(=O)(NC(O)=c1cccc2c1=CC(=CCCN1CCC(O)(c3ccc(Cl)cc3)CC1)c1cccnc1O2)c1ccccc1. The molecule has 0 unspecified atom stereocenters. The number of benzene rings is 3. The Hall–Kier alpha value is -4.15. The van der Waals surface area contributed by atoms with Gasteiger partial charge in [0, 0.05) is 46.9 Å². The second kappa shape index (κ2) is 12.5. The standard InChI is InChI=1S/C34H32ClN3O5S/c35-26-15-13-25(14-16-26)34(40)17-21-38(22-18-34)20-6-7-24-23-30-29(32(39)37-44(41,42)27-8-2-1-3-9-27)10-4-12-31(30)43-33-28(24)11-5-19-36-33/h1-5,7-16,19,23,37,39-40H,6,17-18,20-22H2. The molecule has 3 aromatic carbocycles. The largest absolute Gasteiger partial charge is 0.494 e. The van der Waals surface area contributed by atoms with Crippen LogP contribution in [0.4, 0.5) is 0 Å². The Bertz CT molecular complexity index is 1920. The summed E-state index contributed by atoms with van der Waals surface area (Å²) in [6, 6.07) is 24.1. The van der Waals surface area contributed by atoms with Gasteiger partial charge in [0.1, 0.15) is 5.75 Å². The van der Waals surface area contributed by atoms with E-state index in [-0.39, 0.29) is 10.1 Å². The van der Waals surface area contributed by atoms with Gasteiger partial charge in [-0.15, -0.1) is 0 Å². The van der Waals surface area contributed by atoms with Crippen LogP contribution in [0.3, 0.4) is 0 Å². The average Bonchev–Trinajstić information content (AvgIpc) is 3.19. The maximum atomic E-state index is 12.9. The van der Waals surface area contributed by atoms with E-state index >= 15 is 0 Å². The first kappa shape index (κ1) is 29.9. The Morgan fingerprint density at radius 1 is 1.00 bits per heavy atom. The highest BCUT2D eigenvalue weighted by Crippen LogP contribution is 2.34. The number of pyridine rings is 1. The first-order valence-electron chi connectivity index (χ1n) is 14.4. The number of aromatic nitrogens is 1. The maximum Gasteiger partial charge on any atom is 0.264 e. The molecule has 0 spiro atoms.